The zero-order chi connectivity index (χ0) is 16.9. The fourth-order valence-corrected chi connectivity index (χ4v) is 1.60. The molecule has 22 heavy (non-hydrogen) atoms. The van der Waals surface area contributed by atoms with Crippen molar-refractivity contribution in [2.24, 2.45) is 0 Å². The van der Waals surface area contributed by atoms with E-state index in [0.717, 1.165) is 0 Å². The van der Waals surface area contributed by atoms with E-state index >= 15 is 0 Å². The van der Waals surface area contributed by atoms with E-state index in [1.807, 2.05) is 0 Å². The number of hydrogen-bond acceptors (Lipinski definition) is 9. The van der Waals surface area contributed by atoms with Gasteiger partial charge in [0.05, 0.1) is 6.61 Å². The van der Waals surface area contributed by atoms with Crippen LogP contribution >= 0.6 is 0 Å². The molecule has 7 N–H and O–H groups in total. The third-order valence-electron chi connectivity index (χ3n) is 2.93. The number of benzene rings is 1. The number of rotatable bonds is 7. The Morgan fingerprint density at radius 3 is 2.14 bits per heavy atom. The molecule has 1 aromatic rings. The number of hydrogen-bond donors (Lipinski definition) is 7. The SMILES string of the molecule is O=C(OC(O)[C@@H](O)[C@@H](O)[C@H](O)[C@H](O)CO)c1ccccc1O. The second-order valence-electron chi connectivity index (χ2n) is 4.53. The Balaban J connectivity index is 2.70. The van der Waals surface area contributed by atoms with Crippen LogP contribution in [0.3, 0.4) is 0 Å². The van der Waals surface area contributed by atoms with Gasteiger partial charge in [-0.2, -0.15) is 0 Å². The van der Waals surface area contributed by atoms with Gasteiger partial charge in [-0.15, -0.1) is 0 Å². The molecule has 0 aliphatic rings. The Labute approximate surface area is 125 Å². The Morgan fingerprint density at radius 2 is 1.59 bits per heavy atom. The molecule has 1 aromatic carbocycles. The molecule has 0 aliphatic heterocycles. The van der Waals surface area contributed by atoms with E-state index in [0.29, 0.717) is 0 Å². The van der Waals surface area contributed by atoms with Crippen LogP contribution in [0.25, 0.3) is 0 Å². The molecule has 0 amide bonds. The number of carbonyl (C=O) groups is 1. The highest BCUT2D eigenvalue weighted by Gasteiger charge is 2.36. The van der Waals surface area contributed by atoms with E-state index in [1.54, 1.807) is 0 Å². The van der Waals surface area contributed by atoms with Crippen molar-refractivity contribution in [2.75, 3.05) is 6.61 Å². The summed E-state index contributed by atoms with van der Waals surface area (Å²) in [6, 6.07) is 5.29. The van der Waals surface area contributed by atoms with Gasteiger partial charge in [0.25, 0.3) is 0 Å². The number of phenols is 1. The lowest BCUT2D eigenvalue weighted by Crippen LogP contribution is -2.50. The predicted octanol–water partition coefficient (Wildman–Crippen LogP) is -2.70. The number of carbonyl (C=O) groups excluding carboxylic acids is 1. The van der Waals surface area contributed by atoms with Crippen LogP contribution in [0.5, 0.6) is 5.75 Å². The van der Waals surface area contributed by atoms with Crippen LogP contribution in [0.2, 0.25) is 0 Å². The predicted molar refractivity (Wildman–Crippen MR) is 70.6 cm³/mol. The monoisotopic (exact) mass is 318 g/mol. The van der Waals surface area contributed by atoms with Gasteiger partial charge >= 0.3 is 5.97 Å². The van der Waals surface area contributed by atoms with Crippen molar-refractivity contribution >= 4 is 5.97 Å². The summed E-state index contributed by atoms with van der Waals surface area (Å²) in [4.78, 5) is 11.7. The Morgan fingerprint density at radius 1 is 1.00 bits per heavy atom. The third-order valence-corrected chi connectivity index (χ3v) is 2.93. The van der Waals surface area contributed by atoms with Gasteiger partial charge in [0.15, 0.2) is 0 Å². The van der Waals surface area contributed by atoms with Gasteiger partial charge in [0, 0.05) is 0 Å². The van der Waals surface area contributed by atoms with Crippen LogP contribution < -0.4 is 0 Å². The maximum Gasteiger partial charge on any atom is 0.344 e. The van der Waals surface area contributed by atoms with Crippen molar-refractivity contribution in [1.29, 1.82) is 0 Å². The standard InChI is InChI=1S/C13H18O9/c14-5-8(16)9(17)10(18)11(19)13(21)22-12(20)6-3-1-2-4-7(6)15/h1-4,8-11,13-19,21H,5H2/t8-,9-,10+,11+,13?/m1/s1. The number of ether oxygens (including phenoxy) is 1. The molecule has 9 nitrogen and oxygen atoms in total. The maximum absolute atomic E-state index is 11.7. The highest BCUT2D eigenvalue weighted by Crippen LogP contribution is 2.18. The molecule has 0 saturated carbocycles. The number of aliphatic hydroxyl groups excluding tert-OH is 6. The van der Waals surface area contributed by atoms with Gasteiger partial charge in [0.2, 0.25) is 6.29 Å². The molecule has 0 heterocycles. The molecule has 5 atom stereocenters. The van der Waals surface area contributed by atoms with Crippen LogP contribution in [0.4, 0.5) is 0 Å². The molecule has 124 valence electrons. The van der Waals surface area contributed by atoms with Crippen LogP contribution in [0.15, 0.2) is 24.3 Å². The van der Waals surface area contributed by atoms with Gasteiger partial charge in [0.1, 0.15) is 35.7 Å². The number of esters is 1. The first-order chi connectivity index (χ1) is 10.3. The van der Waals surface area contributed by atoms with Gasteiger partial charge in [-0.05, 0) is 12.1 Å². The van der Waals surface area contributed by atoms with Crippen molar-refractivity contribution in [1.82, 2.24) is 0 Å². The van der Waals surface area contributed by atoms with E-state index in [-0.39, 0.29) is 5.56 Å². The number of phenolic OH excluding ortho intramolecular Hbond substituents is 1. The molecule has 9 heteroatoms. The average molecular weight is 318 g/mol. The van der Waals surface area contributed by atoms with Crippen molar-refractivity contribution in [3.63, 3.8) is 0 Å². The summed E-state index contributed by atoms with van der Waals surface area (Å²) in [5.41, 5.74) is -0.279. The molecule has 0 bridgehead atoms. The van der Waals surface area contributed by atoms with E-state index in [9.17, 15) is 30.3 Å². The normalized spacial score (nSPS) is 18.1. The highest BCUT2D eigenvalue weighted by molar-refractivity contribution is 5.92. The van der Waals surface area contributed by atoms with Crippen LogP contribution in [-0.4, -0.2) is 79.0 Å². The summed E-state index contributed by atoms with van der Waals surface area (Å²) < 4.78 is 4.46. The Hall–Kier alpha value is -1.75. The number of aliphatic hydroxyl groups is 6. The fraction of sp³-hybridized carbons (Fsp3) is 0.462. The first-order valence-corrected chi connectivity index (χ1v) is 6.29. The third kappa shape index (κ3) is 4.37. The molecule has 0 radical (unpaired) electrons. The lowest BCUT2D eigenvalue weighted by Gasteiger charge is -2.28. The molecule has 1 rings (SSSR count). The molecule has 0 fully saturated rings. The second kappa shape index (κ2) is 8.03. The smallest absolute Gasteiger partial charge is 0.344 e. The van der Waals surface area contributed by atoms with Crippen LogP contribution in [0.1, 0.15) is 10.4 Å². The quantitative estimate of drug-likeness (QED) is 0.209. The lowest BCUT2D eigenvalue weighted by molar-refractivity contribution is -0.191. The average Bonchev–Trinajstić information content (AvgIpc) is 2.51. The Bertz CT molecular complexity index is 492. The van der Waals surface area contributed by atoms with Gasteiger partial charge in [-0.25, -0.2) is 4.79 Å². The van der Waals surface area contributed by atoms with Crippen molar-refractivity contribution in [2.45, 2.75) is 30.7 Å². The van der Waals surface area contributed by atoms with Gasteiger partial charge in [-0.3, -0.25) is 0 Å². The molecule has 0 aromatic heterocycles. The summed E-state index contributed by atoms with van der Waals surface area (Å²) in [5.74, 6) is -1.58. The second-order valence-corrected chi connectivity index (χ2v) is 4.53. The summed E-state index contributed by atoms with van der Waals surface area (Å²) >= 11 is 0. The van der Waals surface area contributed by atoms with E-state index < -0.39 is 49.0 Å². The van der Waals surface area contributed by atoms with Crippen molar-refractivity contribution in [3.8, 4) is 5.75 Å². The largest absolute Gasteiger partial charge is 0.507 e. The molecule has 0 saturated heterocycles. The zero-order valence-corrected chi connectivity index (χ0v) is 11.4. The van der Waals surface area contributed by atoms with Crippen molar-refractivity contribution in [3.05, 3.63) is 29.8 Å². The summed E-state index contributed by atoms with van der Waals surface area (Å²) in [6.07, 6.45) is -10.2. The maximum atomic E-state index is 11.7. The minimum Gasteiger partial charge on any atom is -0.507 e. The molecular formula is C13H18O9. The Kier molecular flexibility index (Phi) is 6.68. The zero-order valence-electron chi connectivity index (χ0n) is 11.4. The molecule has 1 unspecified atom stereocenters. The first-order valence-electron chi connectivity index (χ1n) is 6.29. The van der Waals surface area contributed by atoms with E-state index in [1.165, 1.54) is 24.3 Å². The van der Waals surface area contributed by atoms with Crippen LogP contribution in [-0.2, 0) is 4.74 Å². The first kappa shape index (κ1) is 18.3. The highest BCUT2D eigenvalue weighted by atomic mass is 16.6. The van der Waals surface area contributed by atoms with Gasteiger partial charge in [-0.1, -0.05) is 12.1 Å². The topological polar surface area (TPSA) is 168 Å². The van der Waals surface area contributed by atoms with Crippen molar-refractivity contribution < 1.29 is 45.3 Å². The summed E-state index contributed by atoms with van der Waals surface area (Å²) in [7, 11) is 0. The minimum absolute atomic E-state index is 0.279. The van der Waals surface area contributed by atoms with Gasteiger partial charge < -0.3 is 40.5 Å². The molecular weight excluding hydrogens is 300 g/mol. The van der Waals surface area contributed by atoms with E-state index in [4.69, 9.17) is 10.2 Å². The fourth-order valence-electron chi connectivity index (χ4n) is 1.60. The minimum atomic E-state index is -2.23. The van der Waals surface area contributed by atoms with E-state index in [2.05, 4.69) is 4.74 Å². The molecule has 0 spiro atoms. The number of aromatic hydroxyl groups is 1. The summed E-state index contributed by atoms with van der Waals surface area (Å²) in [6.45, 7) is -0.890. The molecule has 0 aliphatic carbocycles. The van der Waals surface area contributed by atoms with Crippen LogP contribution in [0, 0.1) is 0 Å². The number of para-hydroxylation sites is 1. The summed E-state index contributed by atoms with van der Waals surface area (Å²) in [5, 5.41) is 65.2. The lowest BCUT2D eigenvalue weighted by atomic mass is 10.0.